The third kappa shape index (κ3) is 3.01. The lowest BCUT2D eigenvalue weighted by molar-refractivity contribution is 0.0773. The maximum atomic E-state index is 12.5. The highest BCUT2D eigenvalue weighted by Gasteiger charge is 2.20. The molecule has 106 valence electrons. The second-order valence-corrected chi connectivity index (χ2v) is 5.48. The number of carbonyl (C=O) groups excluding carboxylic acids is 1. The minimum absolute atomic E-state index is 0.00367. The summed E-state index contributed by atoms with van der Waals surface area (Å²) in [5.74, 6) is 0.00367. The molecule has 1 heterocycles. The van der Waals surface area contributed by atoms with Gasteiger partial charge in [0.2, 0.25) is 0 Å². The number of hydrogen-bond donors (Lipinski definition) is 0. The number of benzene rings is 2. The predicted molar refractivity (Wildman–Crippen MR) is 86.4 cm³/mol. The minimum Gasteiger partial charge on any atom is -0.335 e. The van der Waals surface area contributed by atoms with Crippen molar-refractivity contribution in [3.63, 3.8) is 0 Å². The van der Waals surface area contributed by atoms with Crippen LogP contribution in [0.25, 0.3) is 5.57 Å². The van der Waals surface area contributed by atoms with Crippen molar-refractivity contribution in [3.05, 3.63) is 76.8 Å². The molecule has 0 saturated carbocycles. The summed E-state index contributed by atoms with van der Waals surface area (Å²) >= 11 is 6.10. The Balaban J connectivity index is 1.75. The zero-order chi connectivity index (χ0) is 14.7. The van der Waals surface area contributed by atoms with Crippen LogP contribution in [-0.4, -0.2) is 23.9 Å². The molecule has 0 saturated heterocycles. The first-order valence-corrected chi connectivity index (χ1v) is 7.42. The van der Waals surface area contributed by atoms with Crippen LogP contribution < -0.4 is 0 Å². The van der Waals surface area contributed by atoms with Gasteiger partial charge in [-0.05, 0) is 29.7 Å². The second kappa shape index (κ2) is 6.15. The van der Waals surface area contributed by atoms with Gasteiger partial charge >= 0.3 is 0 Å². The molecule has 0 unspecified atom stereocenters. The van der Waals surface area contributed by atoms with Crippen molar-refractivity contribution < 1.29 is 4.79 Å². The summed E-state index contributed by atoms with van der Waals surface area (Å²) in [7, 11) is 0. The predicted octanol–water partition coefficient (Wildman–Crippen LogP) is 4.27. The number of amides is 1. The first kappa shape index (κ1) is 13.9. The van der Waals surface area contributed by atoms with Crippen molar-refractivity contribution in [2.75, 3.05) is 13.1 Å². The van der Waals surface area contributed by atoms with Crippen molar-refractivity contribution in [1.29, 1.82) is 0 Å². The van der Waals surface area contributed by atoms with E-state index in [-0.39, 0.29) is 5.91 Å². The van der Waals surface area contributed by atoms with Gasteiger partial charge in [0.05, 0.1) is 10.6 Å². The fraction of sp³-hybridized carbons (Fsp3) is 0.167. The van der Waals surface area contributed by atoms with E-state index in [0.29, 0.717) is 17.1 Å². The van der Waals surface area contributed by atoms with Crippen LogP contribution in [-0.2, 0) is 0 Å². The van der Waals surface area contributed by atoms with Gasteiger partial charge in [-0.25, -0.2) is 0 Å². The summed E-state index contributed by atoms with van der Waals surface area (Å²) < 4.78 is 0. The van der Waals surface area contributed by atoms with Crippen LogP contribution in [0.5, 0.6) is 0 Å². The van der Waals surface area contributed by atoms with Gasteiger partial charge < -0.3 is 4.90 Å². The van der Waals surface area contributed by atoms with Crippen molar-refractivity contribution in [1.82, 2.24) is 4.90 Å². The number of halogens is 1. The van der Waals surface area contributed by atoms with Crippen LogP contribution in [0.1, 0.15) is 22.3 Å². The van der Waals surface area contributed by atoms with E-state index in [4.69, 9.17) is 11.6 Å². The van der Waals surface area contributed by atoms with Gasteiger partial charge in [0.1, 0.15) is 0 Å². The normalized spacial score (nSPS) is 14.7. The number of hydrogen-bond acceptors (Lipinski definition) is 1. The number of nitrogens with zero attached hydrogens (tertiary/aromatic N) is 1. The SMILES string of the molecule is O=C(c1ccccc1Cl)N1CC=C(c2ccccc2)CC1. The Morgan fingerprint density at radius 1 is 1.00 bits per heavy atom. The zero-order valence-corrected chi connectivity index (χ0v) is 12.4. The Labute approximate surface area is 129 Å². The molecule has 1 aliphatic rings. The summed E-state index contributed by atoms with van der Waals surface area (Å²) in [6, 6.07) is 17.5. The molecule has 2 aromatic carbocycles. The number of rotatable bonds is 2. The first-order chi connectivity index (χ1) is 10.3. The molecular formula is C18H16ClNO. The van der Waals surface area contributed by atoms with Crippen LogP contribution in [0.4, 0.5) is 0 Å². The quantitative estimate of drug-likeness (QED) is 0.810. The maximum Gasteiger partial charge on any atom is 0.255 e. The van der Waals surface area contributed by atoms with Crippen molar-refractivity contribution >= 4 is 23.1 Å². The lowest BCUT2D eigenvalue weighted by Crippen LogP contribution is -2.34. The molecule has 21 heavy (non-hydrogen) atoms. The Kier molecular flexibility index (Phi) is 4.07. The molecule has 0 spiro atoms. The molecule has 0 aliphatic carbocycles. The summed E-state index contributed by atoms with van der Waals surface area (Å²) in [6.45, 7) is 1.36. The topological polar surface area (TPSA) is 20.3 Å². The van der Waals surface area contributed by atoms with E-state index in [1.807, 2.05) is 35.2 Å². The third-order valence-electron chi connectivity index (χ3n) is 3.75. The van der Waals surface area contributed by atoms with Crippen molar-refractivity contribution in [2.45, 2.75) is 6.42 Å². The van der Waals surface area contributed by atoms with Gasteiger partial charge in [-0.2, -0.15) is 0 Å². The lowest BCUT2D eigenvalue weighted by atomic mass is 9.99. The summed E-state index contributed by atoms with van der Waals surface area (Å²) in [6.07, 6.45) is 3.01. The molecular weight excluding hydrogens is 282 g/mol. The molecule has 3 rings (SSSR count). The summed E-state index contributed by atoms with van der Waals surface area (Å²) in [5, 5.41) is 0.514. The Morgan fingerprint density at radius 3 is 2.38 bits per heavy atom. The van der Waals surface area contributed by atoms with Crippen LogP contribution >= 0.6 is 11.6 Å². The molecule has 1 amide bonds. The van der Waals surface area contributed by atoms with Gasteiger partial charge in [-0.15, -0.1) is 0 Å². The average molecular weight is 298 g/mol. The van der Waals surface area contributed by atoms with Gasteiger partial charge in [0, 0.05) is 13.1 Å². The molecule has 0 fully saturated rings. The van der Waals surface area contributed by atoms with Crippen LogP contribution in [0.2, 0.25) is 5.02 Å². The average Bonchev–Trinajstić information content (AvgIpc) is 2.56. The minimum atomic E-state index is 0.00367. The summed E-state index contributed by atoms with van der Waals surface area (Å²) in [5.41, 5.74) is 3.12. The van der Waals surface area contributed by atoms with Crippen LogP contribution in [0, 0.1) is 0 Å². The fourth-order valence-corrected chi connectivity index (χ4v) is 2.79. The highest BCUT2D eigenvalue weighted by Crippen LogP contribution is 2.24. The van der Waals surface area contributed by atoms with E-state index in [1.165, 1.54) is 11.1 Å². The van der Waals surface area contributed by atoms with E-state index in [1.54, 1.807) is 12.1 Å². The summed E-state index contributed by atoms with van der Waals surface area (Å²) in [4.78, 5) is 14.3. The van der Waals surface area contributed by atoms with Crippen LogP contribution in [0.15, 0.2) is 60.7 Å². The molecule has 3 heteroatoms. The van der Waals surface area contributed by atoms with Gasteiger partial charge in [-0.3, -0.25) is 4.79 Å². The molecule has 0 aromatic heterocycles. The highest BCUT2D eigenvalue weighted by molar-refractivity contribution is 6.33. The van der Waals surface area contributed by atoms with E-state index < -0.39 is 0 Å². The molecule has 2 nitrogen and oxygen atoms in total. The first-order valence-electron chi connectivity index (χ1n) is 7.04. The van der Waals surface area contributed by atoms with Gasteiger partial charge in [-0.1, -0.05) is 60.1 Å². The van der Waals surface area contributed by atoms with Crippen molar-refractivity contribution in [2.24, 2.45) is 0 Å². The third-order valence-corrected chi connectivity index (χ3v) is 4.07. The van der Waals surface area contributed by atoms with E-state index >= 15 is 0 Å². The molecule has 0 atom stereocenters. The maximum absolute atomic E-state index is 12.5. The van der Waals surface area contributed by atoms with Crippen molar-refractivity contribution in [3.8, 4) is 0 Å². The molecule has 0 radical (unpaired) electrons. The van der Waals surface area contributed by atoms with Gasteiger partial charge in [0.25, 0.3) is 5.91 Å². The molecule has 0 bridgehead atoms. The highest BCUT2D eigenvalue weighted by atomic mass is 35.5. The van der Waals surface area contributed by atoms with Gasteiger partial charge in [0.15, 0.2) is 0 Å². The van der Waals surface area contributed by atoms with E-state index in [2.05, 4.69) is 18.2 Å². The lowest BCUT2D eigenvalue weighted by Gasteiger charge is -2.27. The monoisotopic (exact) mass is 297 g/mol. The molecule has 2 aromatic rings. The Morgan fingerprint density at radius 2 is 1.71 bits per heavy atom. The fourth-order valence-electron chi connectivity index (χ4n) is 2.57. The Bertz CT molecular complexity index is 679. The standard InChI is InChI=1S/C18H16ClNO/c19-17-9-5-4-8-16(17)18(21)20-12-10-15(11-13-20)14-6-2-1-3-7-14/h1-10H,11-13H2. The molecule has 0 N–H and O–H groups in total. The largest absolute Gasteiger partial charge is 0.335 e. The molecule has 1 aliphatic heterocycles. The van der Waals surface area contributed by atoms with Crippen LogP contribution in [0.3, 0.4) is 0 Å². The number of carbonyl (C=O) groups is 1. The second-order valence-electron chi connectivity index (χ2n) is 5.08. The van der Waals surface area contributed by atoms with E-state index in [0.717, 1.165) is 13.0 Å². The smallest absolute Gasteiger partial charge is 0.255 e. The zero-order valence-electron chi connectivity index (χ0n) is 11.6. The Hall–Kier alpha value is -2.06. The van der Waals surface area contributed by atoms with E-state index in [9.17, 15) is 4.79 Å².